The zero-order valence-corrected chi connectivity index (χ0v) is 15.0. The Labute approximate surface area is 156 Å². The van der Waals surface area contributed by atoms with Crippen LogP contribution in [0.5, 0.6) is 11.5 Å². The molecule has 0 aliphatic heterocycles. The molecule has 2 N–H and O–H groups in total. The van der Waals surface area contributed by atoms with E-state index in [1.54, 1.807) is 42.5 Å². The summed E-state index contributed by atoms with van der Waals surface area (Å²) in [5, 5.41) is 5.96. The van der Waals surface area contributed by atoms with Gasteiger partial charge < -0.3 is 20.1 Å². The fourth-order valence-corrected chi connectivity index (χ4v) is 2.57. The van der Waals surface area contributed by atoms with Gasteiger partial charge in [-0.3, -0.25) is 9.59 Å². The fraction of sp³-hybridized carbons (Fsp3) is 0.263. The van der Waals surface area contributed by atoms with Crippen LogP contribution < -0.4 is 20.1 Å². The van der Waals surface area contributed by atoms with Gasteiger partial charge in [-0.15, -0.1) is 0 Å². The first-order valence-corrected chi connectivity index (χ1v) is 8.60. The third-order valence-corrected chi connectivity index (χ3v) is 4.17. The summed E-state index contributed by atoms with van der Waals surface area (Å²) in [5.41, 5.74) is 1.27. The van der Waals surface area contributed by atoms with E-state index in [9.17, 15) is 9.59 Å². The van der Waals surface area contributed by atoms with E-state index in [1.165, 1.54) is 7.11 Å². The third-order valence-electron chi connectivity index (χ3n) is 3.88. The van der Waals surface area contributed by atoms with Crippen LogP contribution in [-0.2, 0) is 9.59 Å². The Balaban J connectivity index is 1.47. The van der Waals surface area contributed by atoms with Crippen molar-refractivity contribution in [2.24, 2.45) is 5.92 Å². The van der Waals surface area contributed by atoms with Crippen molar-refractivity contribution >= 4 is 34.8 Å². The van der Waals surface area contributed by atoms with Crippen LogP contribution in [-0.4, -0.2) is 25.5 Å². The van der Waals surface area contributed by atoms with Crippen molar-refractivity contribution < 1.29 is 19.1 Å². The monoisotopic (exact) mass is 374 g/mol. The average Bonchev–Trinajstić information content (AvgIpc) is 3.46. The van der Waals surface area contributed by atoms with Gasteiger partial charge in [-0.2, -0.15) is 0 Å². The third kappa shape index (κ3) is 4.89. The summed E-state index contributed by atoms with van der Waals surface area (Å²) >= 11 is 6.02. The zero-order chi connectivity index (χ0) is 18.5. The van der Waals surface area contributed by atoms with Crippen LogP contribution in [0.2, 0.25) is 5.02 Å². The van der Waals surface area contributed by atoms with Gasteiger partial charge in [0.25, 0.3) is 5.91 Å². The van der Waals surface area contributed by atoms with Crippen LogP contribution in [0.1, 0.15) is 12.8 Å². The first kappa shape index (κ1) is 18.1. The number of hydrogen-bond donors (Lipinski definition) is 2. The lowest BCUT2D eigenvalue weighted by Gasteiger charge is -2.10. The molecule has 0 radical (unpaired) electrons. The highest BCUT2D eigenvalue weighted by molar-refractivity contribution is 6.32. The summed E-state index contributed by atoms with van der Waals surface area (Å²) in [4.78, 5) is 23.7. The highest BCUT2D eigenvalue weighted by atomic mass is 35.5. The van der Waals surface area contributed by atoms with Crippen LogP contribution in [0.15, 0.2) is 42.5 Å². The molecule has 2 amide bonds. The minimum Gasteiger partial charge on any atom is -0.495 e. The quantitative estimate of drug-likeness (QED) is 0.774. The Morgan fingerprint density at radius 3 is 2.38 bits per heavy atom. The summed E-state index contributed by atoms with van der Waals surface area (Å²) in [6.45, 7) is -0.141. The molecule has 2 aromatic carbocycles. The molecule has 7 heteroatoms. The molecule has 1 fully saturated rings. The number of ether oxygens (including phenoxy) is 2. The number of hydrogen-bond acceptors (Lipinski definition) is 4. The van der Waals surface area contributed by atoms with Crippen molar-refractivity contribution in [1.82, 2.24) is 0 Å². The van der Waals surface area contributed by atoms with Crippen molar-refractivity contribution in [2.45, 2.75) is 12.8 Å². The second kappa shape index (κ2) is 8.10. The minimum absolute atomic E-state index is 0.0520. The first-order valence-electron chi connectivity index (χ1n) is 8.22. The maximum absolute atomic E-state index is 12.0. The van der Waals surface area contributed by atoms with Crippen LogP contribution in [0.4, 0.5) is 11.4 Å². The normalized spacial score (nSPS) is 13.0. The second-order valence-corrected chi connectivity index (χ2v) is 6.38. The molecular weight excluding hydrogens is 356 g/mol. The Bertz CT molecular complexity index is 804. The fourth-order valence-electron chi connectivity index (χ4n) is 2.31. The molecule has 3 rings (SSSR count). The molecular formula is C19H19ClN2O4. The molecule has 2 aromatic rings. The number of amides is 2. The summed E-state index contributed by atoms with van der Waals surface area (Å²) < 4.78 is 10.5. The molecule has 1 aliphatic rings. The summed E-state index contributed by atoms with van der Waals surface area (Å²) in [6, 6.07) is 11.9. The number of rotatable bonds is 7. The predicted octanol–water partition coefficient (Wildman–Crippen LogP) is 3.71. The Morgan fingerprint density at radius 1 is 1.08 bits per heavy atom. The Kier molecular flexibility index (Phi) is 5.63. The van der Waals surface area contributed by atoms with Gasteiger partial charge in [0.2, 0.25) is 5.91 Å². The van der Waals surface area contributed by atoms with E-state index in [1.807, 2.05) is 0 Å². The smallest absolute Gasteiger partial charge is 0.262 e. The van der Waals surface area contributed by atoms with Gasteiger partial charge in [-0.1, -0.05) is 11.6 Å². The van der Waals surface area contributed by atoms with Crippen molar-refractivity contribution in [3.05, 3.63) is 47.5 Å². The van der Waals surface area contributed by atoms with Crippen LogP contribution in [0.3, 0.4) is 0 Å². The standard InChI is InChI=1S/C19H19ClN2O4/c1-25-17-9-6-14(10-16(17)20)21-18(23)11-26-15-7-4-13(5-8-15)22-19(24)12-2-3-12/h4-10,12H,2-3,11H2,1H3,(H,21,23)(H,22,24). The Hall–Kier alpha value is -2.73. The predicted molar refractivity (Wildman–Crippen MR) is 99.9 cm³/mol. The van der Waals surface area contributed by atoms with E-state index in [4.69, 9.17) is 21.1 Å². The summed E-state index contributed by atoms with van der Waals surface area (Å²) in [6.07, 6.45) is 1.92. The molecule has 26 heavy (non-hydrogen) atoms. The minimum atomic E-state index is -0.308. The first-order chi connectivity index (χ1) is 12.5. The Morgan fingerprint density at radius 2 is 1.77 bits per heavy atom. The number of benzene rings is 2. The molecule has 6 nitrogen and oxygen atoms in total. The second-order valence-electron chi connectivity index (χ2n) is 5.97. The molecule has 0 spiro atoms. The lowest BCUT2D eigenvalue weighted by Crippen LogP contribution is -2.20. The van der Waals surface area contributed by atoms with E-state index in [-0.39, 0.29) is 24.3 Å². The molecule has 0 heterocycles. The summed E-state index contributed by atoms with van der Waals surface area (Å²) in [7, 11) is 1.52. The van der Waals surface area contributed by atoms with Crippen molar-refractivity contribution in [3.63, 3.8) is 0 Å². The van der Waals surface area contributed by atoms with Gasteiger partial charge >= 0.3 is 0 Å². The van der Waals surface area contributed by atoms with Crippen molar-refractivity contribution in [3.8, 4) is 11.5 Å². The van der Waals surface area contributed by atoms with Gasteiger partial charge in [0.15, 0.2) is 6.61 Å². The number of methoxy groups -OCH3 is 1. The number of carbonyl (C=O) groups is 2. The zero-order valence-electron chi connectivity index (χ0n) is 14.3. The van der Waals surface area contributed by atoms with E-state index < -0.39 is 0 Å². The van der Waals surface area contributed by atoms with Gasteiger partial charge in [0.1, 0.15) is 11.5 Å². The van der Waals surface area contributed by atoms with Gasteiger partial charge in [0.05, 0.1) is 12.1 Å². The van der Waals surface area contributed by atoms with Crippen molar-refractivity contribution in [1.29, 1.82) is 0 Å². The van der Waals surface area contributed by atoms with E-state index >= 15 is 0 Å². The topological polar surface area (TPSA) is 76.7 Å². The van der Waals surface area contributed by atoms with Gasteiger partial charge in [-0.05, 0) is 55.3 Å². The molecule has 0 bridgehead atoms. The summed E-state index contributed by atoms with van der Waals surface area (Å²) in [5.74, 6) is 0.974. The van der Waals surface area contributed by atoms with E-state index in [0.29, 0.717) is 27.9 Å². The van der Waals surface area contributed by atoms with Gasteiger partial charge in [0, 0.05) is 17.3 Å². The molecule has 0 aromatic heterocycles. The van der Waals surface area contributed by atoms with Crippen LogP contribution in [0.25, 0.3) is 0 Å². The van der Waals surface area contributed by atoms with Crippen LogP contribution >= 0.6 is 11.6 Å². The number of anilines is 2. The largest absolute Gasteiger partial charge is 0.495 e. The lowest BCUT2D eigenvalue weighted by molar-refractivity contribution is -0.118. The van der Waals surface area contributed by atoms with E-state index in [2.05, 4.69) is 10.6 Å². The molecule has 1 saturated carbocycles. The maximum Gasteiger partial charge on any atom is 0.262 e. The molecule has 0 saturated heterocycles. The lowest BCUT2D eigenvalue weighted by atomic mass is 10.3. The average molecular weight is 375 g/mol. The highest BCUT2D eigenvalue weighted by Gasteiger charge is 2.29. The molecule has 0 atom stereocenters. The van der Waals surface area contributed by atoms with Gasteiger partial charge in [-0.25, -0.2) is 0 Å². The van der Waals surface area contributed by atoms with Crippen LogP contribution in [0, 0.1) is 5.92 Å². The maximum atomic E-state index is 12.0. The number of halogens is 1. The molecule has 0 unspecified atom stereocenters. The molecule has 1 aliphatic carbocycles. The molecule has 136 valence electrons. The van der Waals surface area contributed by atoms with Crippen molar-refractivity contribution in [2.75, 3.05) is 24.4 Å². The highest BCUT2D eigenvalue weighted by Crippen LogP contribution is 2.30. The SMILES string of the molecule is COc1ccc(NC(=O)COc2ccc(NC(=O)C3CC3)cc2)cc1Cl. The van der Waals surface area contributed by atoms with E-state index in [0.717, 1.165) is 12.8 Å². The number of carbonyl (C=O) groups excluding carboxylic acids is 2. The number of nitrogens with one attached hydrogen (secondary N) is 2.